The first-order chi connectivity index (χ1) is 17.8. The average Bonchev–Trinajstić information content (AvgIpc) is 3.51. The Hall–Kier alpha value is -2.83. The highest BCUT2D eigenvalue weighted by Crippen LogP contribution is 2.43. The molecule has 5 rings (SSSR count). The molecule has 2 aliphatic rings. The third-order valence-corrected chi connectivity index (χ3v) is 8.57. The molecule has 1 aromatic heterocycles. The van der Waals surface area contributed by atoms with Crippen molar-refractivity contribution in [1.29, 1.82) is 0 Å². The molecule has 37 heavy (non-hydrogen) atoms. The largest absolute Gasteiger partial charge is 0.372 e. The monoisotopic (exact) mass is 520 g/mol. The van der Waals surface area contributed by atoms with Crippen molar-refractivity contribution in [3.8, 4) is 0 Å². The van der Waals surface area contributed by atoms with Gasteiger partial charge in [-0.05, 0) is 62.8 Å². The van der Waals surface area contributed by atoms with Crippen molar-refractivity contribution in [2.45, 2.75) is 83.2 Å². The quantitative estimate of drug-likeness (QED) is 0.371. The zero-order valence-electron chi connectivity index (χ0n) is 22.2. The third-order valence-electron chi connectivity index (χ3n) is 8.32. The van der Waals surface area contributed by atoms with Gasteiger partial charge in [0, 0.05) is 17.1 Å². The maximum absolute atomic E-state index is 14.2. The molecule has 0 bridgehead atoms. The van der Waals surface area contributed by atoms with Gasteiger partial charge in [-0.3, -0.25) is 4.79 Å². The Labute approximate surface area is 225 Å². The van der Waals surface area contributed by atoms with Gasteiger partial charge in [0.1, 0.15) is 11.4 Å². The number of likely N-dealkylation sites (tertiary alicyclic amines) is 1. The fraction of sp³-hybridized carbons (Fsp3) is 0.467. The fourth-order valence-electron chi connectivity index (χ4n) is 6.06. The Morgan fingerprint density at radius 2 is 1.78 bits per heavy atom. The minimum absolute atomic E-state index is 0.0209. The molecule has 1 saturated heterocycles. The van der Waals surface area contributed by atoms with Crippen LogP contribution >= 0.6 is 11.6 Å². The summed E-state index contributed by atoms with van der Waals surface area (Å²) in [5, 5.41) is 9.07. The molecule has 2 unspecified atom stereocenters. The molecule has 1 amide bonds. The number of carbonyl (C=O) groups is 1. The molecule has 0 spiro atoms. The van der Waals surface area contributed by atoms with Gasteiger partial charge in [0.05, 0.1) is 30.5 Å². The number of carbonyl (C=O) groups excluding carboxylic acids is 1. The Kier molecular flexibility index (Phi) is 7.08. The molecule has 3 aromatic rings. The van der Waals surface area contributed by atoms with E-state index in [-0.39, 0.29) is 29.1 Å². The number of nitrogens with zero attached hydrogens (tertiary/aromatic N) is 3. The number of nitrogens with one attached hydrogen (secondary N) is 1. The lowest BCUT2D eigenvalue weighted by molar-refractivity contribution is 0.0436. The van der Waals surface area contributed by atoms with Crippen molar-refractivity contribution in [3.05, 3.63) is 82.5 Å². The van der Waals surface area contributed by atoms with Crippen molar-refractivity contribution < 1.29 is 9.53 Å². The van der Waals surface area contributed by atoms with Crippen LogP contribution in [-0.4, -0.2) is 38.8 Å². The van der Waals surface area contributed by atoms with Crippen LogP contribution in [0.1, 0.15) is 80.9 Å². The maximum atomic E-state index is 14.2. The van der Waals surface area contributed by atoms with Crippen LogP contribution in [-0.2, 0) is 16.9 Å². The molecule has 196 valence electrons. The van der Waals surface area contributed by atoms with Crippen molar-refractivity contribution in [1.82, 2.24) is 14.7 Å². The van der Waals surface area contributed by atoms with E-state index < -0.39 is 0 Å². The number of hydrogen-bond acceptors (Lipinski definition) is 4. The molecule has 6 nitrogen and oxygen atoms in total. The molecule has 2 aromatic carbocycles. The number of amides is 1. The molecule has 2 aliphatic heterocycles. The summed E-state index contributed by atoms with van der Waals surface area (Å²) in [6.45, 7) is 9.80. The lowest BCUT2D eigenvalue weighted by Crippen LogP contribution is -2.47. The van der Waals surface area contributed by atoms with E-state index in [1.165, 1.54) is 5.56 Å². The van der Waals surface area contributed by atoms with E-state index >= 15 is 0 Å². The van der Waals surface area contributed by atoms with Crippen molar-refractivity contribution >= 4 is 23.3 Å². The van der Waals surface area contributed by atoms with Crippen LogP contribution in [0.15, 0.2) is 60.8 Å². The maximum Gasteiger partial charge on any atom is 0.259 e. The van der Waals surface area contributed by atoms with Crippen molar-refractivity contribution in [2.24, 2.45) is 0 Å². The number of hydrogen-bond donors (Lipinski definition) is 1. The number of anilines is 1. The van der Waals surface area contributed by atoms with E-state index in [0.29, 0.717) is 23.7 Å². The summed E-state index contributed by atoms with van der Waals surface area (Å²) in [6.07, 6.45) is 5.20. The Morgan fingerprint density at radius 1 is 1.08 bits per heavy atom. The highest BCUT2D eigenvalue weighted by molar-refractivity contribution is 6.30. The summed E-state index contributed by atoms with van der Waals surface area (Å²) < 4.78 is 8.32. The summed E-state index contributed by atoms with van der Waals surface area (Å²) >= 11 is 6.03. The van der Waals surface area contributed by atoms with E-state index in [2.05, 4.69) is 62.2 Å². The van der Waals surface area contributed by atoms with Crippen LogP contribution in [0.25, 0.3) is 0 Å². The van der Waals surface area contributed by atoms with Crippen molar-refractivity contribution in [3.63, 3.8) is 0 Å². The van der Waals surface area contributed by atoms with Crippen LogP contribution in [0, 0.1) is 0 Å². The number of aromatic nitrogens is 2. The molecule has 0 aliphatic carbocycles. The minimum Gasteiger partial charge on any atom is -0.372 e. The summed E-state index contributed by atoms with van der Waals surface area (Å²) in [6, 6.07) is 18.3. The molecular formula is C30H37ClN4O2. The van der Waals surface area contributed by atoms with E-state index in [0.717, 1.165) is 37.1 Å². The number of fused-ring (bicyclic) bond motifs is 1. The number of benzene rings is 2. The van der Waals surface area contributed by atoms with Crippen molar-refractivity contribution in [2.75, 3.05) is 11.9 Å². The highest BCUT2D eigenvalue weighted by atomic mass is 35.5. The third kappa shape index (κ3) is 4.89. The topological polar surface area (TPSA) is 59.4 Å². The standard InChI is InChI=1S/C30H37ClN4O2/c1-5-30(6-2)16-24(37-20-21-12-14-23(31)15-13-21)19-34(30)28(36)25-18-32-35-27(25)33-26(17-29(35,3)4)22-10-8-7-9-11-22/h7-15,18,24,26,33H,5-6,16-17,19-20H2,1-4H3. The van der Waals surface area contributed by atoms with Crippen LogP contribution in [0.4, 0.5) is 5.82 Å². The van der Waals surface area contributed by atoms with Crippen LogP contribution in [0.2, 0.25) is 5.02 Å². The first-order valence-corrected chi connectivity index (χ1v) is 13.7. The number of rotatable bonds is 7. The first-order valence-electron chi connectivity index (χ1n) is 13.3. The predicted molar refractivity (Wildman–Crippen MR) is 148 cm³/mol. The molecule has 3 heterocycles. The van der Waals surface area contributed by atoms with Gasteiger partial charge in [0.25, 0.3) is 5.91 Å². The van der Waals surface area contributed by atoms with E-state index in [4.69, 9.17) is 21.4 Å². The highest BCUT2D eigenvalue weighted by Gasteiger charge is 2.47. The Bertz CT molecular complexity index is 1230. The molecule has 0 saturated carbocycles. The normalized spacial score (nSPS) is 21.9. The zero-order valence-corrected chi connectivity index (χ0v) is 23.0. The molecular weight excluding hydrogens is 484 g/mol. The Balaban J connectivity index is 1.40. The summed E-state index contributed by atoms with van der Waals surface area (Å²) in [5.74, 6) is 0.835. The van der Waals surface area contributed by atoms with Gasteiger partial charge < -0.3 is 15.0 Å². The van der Waals surface area contributed by atoms with Gasteiger partial charge >= 0.3 is 0 Å². The average molecular weight is 521 g/mol. The zero-order chi connectivity index (χ0) is 26.2. The molecule has 0 radical (unpaired) electrons. The SMILES string of the molecule is CCC1(CC)CC(OCc2ccc(Cl)cc2)CN1C(=O)c1cnn2c1NC(c1ccccc1)CC2(C)C. The van der Waals surface area contributed by atoms with Gasteiger partial charge in [-0.25, -0.2) is 4.68 Å². The molecule has 1 N–H and O–H groups in total. The summed E-state index contributed by atoms with van der Waals surface area (Å²) in [5.41, 5.74) is 2.48. The molecule has 2 atom stereocenters. The van der Waals surface area contributed by atoms with Crippen LogP contribution in [0.5, 0.6) is 0 Å². The fourth-order valence-corrected chi connectivity index (χ4v) is 6.18. The number of ether oxygens (including phenoxy) is 1. The van der Waals surface area contributed by atoms with Crippen LogP contribution < -0.4 is 5.32 Å². The van der Waals surface area contributed by atoms with Gasteiger partial charge in [-0.1, -0.05) is 67.9 Å². The first kappa shape index (κ1) is 25.8. The van der Waals surface area contributed by atoms with E-state index in [9.17, 15) is 4.79 Å². The number of halogens is 1. The van der Waals surface area contributed by atoms with E-state index in [1.807, 2.05) is 35.0 Å². The molecule has 1 fully saturated rings. The van der Waals surface area contributed by atoms with E-state index in [1.54, 1.807) is 6.20 Å². The predicted octanol–water partition coefficient (Wildman–Crippen LogP) is 6.82. The minimum atomic E-state index is -0.237. The van der Waals surface area contributed by atoms with Gasteiger partial charge in [-0.15, -0.1) is 0 Å². The van der Waals surface area contributed by atoms with Gasteiger partial charge in [0.15, 0.2) is 0 Å². The summed E-state index contributed by atoms with van der Waals surface area (Å²) in [4.78, 5) is 16.2. The van der Waals surface area contributed by atoms with Gasteiger partial charge in [-0.2, -0.15) is 5.10 Å². The lowest BCUT2D eigenvalue weighted by atomic mass is 9.88. The lowest BCUT2D eigenvalue weighted by Gasteiger charge is -2.39. The molecule has 7 heteroatoms. The second-order valence-corrected chi connectivity index (χ2v) is 11.5. The smallest absolute Gasteiger partial charge is 0.259 e. The Morgan fingerprint density at radius 3 is 2.46 bits per heavy atom. The summed E-state index contributed by atoms with van der Waals surface area (Å²) in [7, 11) is 0. The second kappa shape index (κ2) is 10.1. The van der Waals surface area contributed by atoms with Crippen LogP contribution in [0.3, 0.4) is 0 Å². The van der Waals surface area contributed by atoms with Gasteiger partial charge in [0.2, 0.25) is 0 Å². The second-order valence-electron chi connectivity index (χ2n) is 11.1.